The van der Waals surface area contributed by atoms with Crippen LogP contribution in [-0.2, 0) is 16.2 Å². The van der Waals surface area contributed by atoms with Crippen LogP contribution in [0.25, 0.3) is 33.4 Å². The van der Waals surface area contributed by atoms with Crippen LogP contribution in [0.1, 0.15) is 72.2 Å². The van der Waals surface area contributed by atoms with E-state index in [9.17, 15) is 0 Å². The van der Waals surface area contributed by atoms with Gasteiger partial charge in [-0.1, -0.05) is 173 Å². The molecule has 3 aliphatic rings. The lowest BCUT2D eigenvalue weighted by Crippen LogP contribution is -2.40. The summed E-state index contributed by atoms with van der Waals surface area (Å²) < 4.78 is 0. The third kappa shape index (κ3) is 4.37. The summed E-state index contributed by atoms with van der Waals surface area (Å²) in [4.78, 5) is 2.45. The minimum absolute atomic E-state index is 0.0570. The van der Waals surface area contributed by atoms with Crippen molar-refractivity contribution in [1.82, 2.24) is 0 Å². The minimum Gasteiger partial charge on any atom is -0.310 e. The molecule has 0 fully saturated rings. The van der Waals surface area contributed by atoms with Crippen molar-refractivity contribution in [3.05, 3.63) is 233 Å². The Labute approximate surface area is 330 Å². The first-order valence-electron chi connectivity index (χ1n) is 19.9. The van der Waals surface area contributed by atoms with Crippen molar-refractivity contribution >= 4 is 17.1 Å². The van der Waals surface area contributed by atoms with E-state index in [-0.39, 0.29) is 10.8 Å². The lowest BCUT2D eigenvalue weighted by molar-refractivity contribution is 0.563. The molecule has 0 unspecified atom stereocenters. The van der Waals surface area contributed by atoms with Crippen LogP contribution in [0.3, 0.4) is 0 Å². The Hall–Kier alpha value is -6.44. The summed E-state index contributed by atoms with van der Waals surface area (Å²) in [5.41, 5.74) is 21.5. The molecular weight excluding hydrogens is 675 g/mol. The molecule has 0 aliphatic heterocycles. The van der Waals surface area contributed by atoms with Crippen molar-refractivity contribution in [2.45, 2.75) is 43.9 Å². The summed E-state index contributed by atoms with van der Waals surface area (Å²) in [6, 6.07) is 70.6. The summed E-state index contributed by atoms with van der Waals surface area (Å²) in [7, 11) is 0. The number of benzene rings is 8. The average molecular weight is 718 g/mol. The summed E-state index contributed by atoms with van der Waals surface area (Å²) >= 11 is 0. The van der Waals surface area contributed by atoms with Crippen LogP contribution < -0.4 is 4.90 Å². The van der Waals surface area contributed by atoms with E-state index in [0.29, 0.717) is 0 Å². The van der Waals surface area contributed by atoms with Crippen molar-refractivity contribution in [2.24, 2.45) is 0 Å². The van der Waals surface area contributed by atoms with Crippen LogP contribution in [0, 0.1) is 0 Å². The molecule has 1 nitrogen and oxygen atoms in total. The van der Waals surface area contributed by atoms with Crippen LogP contribution >= 0.6 is 0 Å². The molecule has 11 rings (SSSR count). The van der Waals surface area contributed by atoms with Gasteiger partial charge in [-0.3, -0.25) is 0 Å². The summed E-state index contributed by atoms with van der Waals surface area (Å²) in [6.07, 6.45) is 0. The van der Waals surface area contributed by atoms with E-state index in [1.165, 1.54) is 77.9 Å². The first-order valence-corrected chi connectivity index (χ1v) is 19.9. The van der Waals surface area contributed by atoms with Gasteiger partial charge in [-0.15, -0.1) is 0 Å². The lowest BCUT2D eigenvalue weighted by Gasteiger charge is -2.47. The number of rotatable bonds is 4. The zero-order chi connectivity index (χ0) is 37.8. The number of para-hydroxylation sites is 1. The second-order valence-electron chi connectivity index (χ2n) is 16.9. The molecule has 0 atom stereocenters. The van der Waals surface area contributed by atoms with E-state index in [0.717, 1.165) is 17.1 Å². The highest BCUT2D eigenvalue weighted by Crippen LogP contribution is 2.62. The monoisotopic (exact) mass is 717 g/mol. The highest BCUT2D eigenvalue weighted by Gasteiger charge is 2.53. The smallest absolute Gasteiger partial charge is 0.0720 e. The number of anilines is 3. The van der Waals surface area contributed by atoms with E-state index < -0.39 is 5.41 Å². The highest BCUT2D eigenvalue weighted by molar-refractivity contribution is 5.90. The summed E-state index contributed by atoms with van der Waals surface area (Å²) in [5.74, 6) is 0. The molecule has 8 aromatic rings. The van der Waals surface area contributed by atoms with E-state index >= 15 is 0 Å². The molecule has 0 saturated carbocycles. The van der Waals surface area contributed by atoms with Gasteiger partial charge in [-0.25, -0.2) is 0 Å². The molecule has 268 valence electrons. The quantitative estimate of drug-likeness (QED) is 0.175. The Morgan fingerprint density at radius 1 is 0.286 bits per heavy atom. The maximum absolute atomic E-state index is 2.51. The molecule has 0 radical (unpaired) electrons. The van der Waals surface area contributed by atoms with Crippen molar-refractivity contribution < 1.29 is 0 Å². The van der Waals surface area contributed by atoms with Gasteiger partial charge in [0.2, 0.25) is 0 Å². The first-order chi connectivity index (χ1) is 27.3. The number of hydrogen-bond donors (Lipinski definition) is 0. The van der Waals surface area contributed by atoms with Gasteiger partial charge in [0.25, 0.3) is 0 Å². The fourth-order valence-corrected chi connectivity index (χ4v) is 10.7. The second kappa shape index (κ2) is 11.8. The van der Waals surface area contributed by atoms with E-state index in [1.54, 1.807) is 0 Å². The molecule has 1 spiro atoms. The average Bonchev–Trinajstić information content (AvgIpc) is 3.66. The van der Waals surface area contributed by atoms with Crippen LogP contribution in [0.4, 0.5) is 17.1 Å². The van der Waals surface area contributed by atoms with Gasteiger partial charge in [-0.2, -0.15) is 0 Å². The molecule has 8 aromatic carbocycles. The molecular formula is C55H43N. The van der Waals surface area contributed by atoms with Crippen molar-refractivity contribution in [1.29, 1.82) is 0 Å². The van der Waals surface area contributed by atoms with Crippen LogP contribution in [0.2, 0.25) is 0 Å². The summed E-state index contributed by atoms with van der Waals surface area (Å²) in [6.45, 7) is 9.52. The van der Waals surface area contributed by atoms with E-state index in [4.69, 9.17) is 0 Å². The van der Waals surface area contributed by atoms with Crippen molar-refractivity contribution in [2.75, 3.05) is 4.90 Å². The van der Waals surface area contributed by atoms with Gasteiger partial charge in [0.1, 0.15) is 0 Å². The fraction of sp³-hybridized carbons (Fsp3) is 0.127. The third-order valence-corrected chi connectivity index (χ3v) is 13.3. The molecule has 1 heteroatoms. The van der Waals surface area contributed by atoms with Gasteiger partial charge >= 0.3 is 0 Å². The Balaban J connectivity index is 1.12. The first kappa shape index (κ1) is 32.9. The van der Waals surface area contributed by atoms with Crippen LogP contribution in [0.15, 0.2) is 188 Å². The highest BCUT2D eigenvalue weighted by atomic mass is 15.1. The predicted molar refractivity (Wildman–Crippen MR) is 234 cm³/mol. The molecule has 0 bridgehead atoms. The largest absolute Gasteiger partial charge is 0.310 e. The third-order valence-electron chi connectivity index (χ3n) is 13.3. The Morgan fingerprint density at radius 2 is 0.768 bits per heavy atom. The van der Waals surface area contributed by atoms with Gasteiger partial charge in [0.15, 0.2) is 0 Å². The lowest BCUT2D eigenvalue weighted by atomic mass is 9.55. The van der Waals surface area contributed by atoms with Gasteiger partial charge in [0, 0.05) is 27.9 Å². The summed E-state index contributed by atoms with van der Waals surface area (Å²) in [5, 5.41) is 0. The Bertz CT molecular complexity index is 2830. The molecule has 3 aliphatic carbocycles. The molecule has 0 heterocycles. The van der Waals surface area contributed by atoms with E-state index in [1.807, 2.05) is 0 Å². The number of nitrogens with zero attached hydrogens (tertiary/aromatic N) is 1. The zero-order valence-corrected chi connectivity index (χ0v) is 32.3. The SMILES string of the molecule is CC1(C)c2ccccc2-c2ccc(-c3cccc(N(c4ccccc4)c4ccc5c(c4)C4(c6ccccc6-c6ccccc64)c4ccccc4C5(C)C)c3)cc21. The van der Waals surface area contributed by atoms with E-state index in [2.05, 4.69) is 221 Å². The van der Waals surface area contributed by atoms with Gasteiger partial charge < -0.3 is 4.90 Å². The molecule has 56 heavy (non-hydrogen) atoms. The van der Waals surface area contributed by atoms with Gasteiger partial charge in [-0.05, 0) is 120 Å². The predicted octanol–water partition coefficient (Wildman–Crippen LogP) is 14.1. The van der Waals surface area contributed by atoms with Crippen molar-refractivity contribution in [3.8, 4) is 33.4 Å². The second-order valence-corrected chi connectivity index (χ2v) is 16.9. The van der Waals surface area contributed by atoms with Crippen LogP contribution in [0.5, 0.6) is 0 Å². The Kier molecular flexibility index (Phi) is 6.93. The molecule has 0 amide bonds. The molecule has 0 N–H and O–H groups in total. The molecule has 0 aromatic heterocycles. The normalized spacial score (nSPS) is 15.6. The topological polar surface area (TPSA) is 3.24 Å². The number of fused-ring (bicyclic) bond motifs is 12. The Morgan fingerprint density at radius 3 is 1.46 bits per heavy atom. The maximum Gasteiger partial charge on any atom is 0.0720 e. The maximum atomic E-state index is 2.51. The minimum atomic E-state index is -0.455. The number of hydrogen-bond acceptors (Lipinski definition) is 1. The zero-order valence-electron chi connectivity index (χ0n) is 32.3. The standard InChI is InChI=1S/C55H43N/c1-53(2)45-24-11-8-21-41(45)44-31-29-37(34-51(44)53)36-17-16-20-39(33-36)56(38-18-6-5-7-19-38)40-30-32-49-52(35-40)55(50-28-15-14-27-48(50)54(49,3)4)46-25-12-9-22-42(46)43-23-10-13-26-47(43)55/h5-35H,1-4H3. The fourth-order valence-electron chi connectivity index (χ4n) is 10.7. The van der Waals surface area contributed by atoms with Crippen LogP contribution in [-0.4, -0.2) is 0 Å². The van der Waals surface area contributed by atoms with Crippen molar-refractivity contribution in [3.63, 3.8) is 0 Å². The molecule has 0 saturated heterocycles. The van der Waals surface area contributed by atoms with Gasteiger partial charge in [0.05, 0.1) is 5.41 Å².